The minimum absolute atomic E-state index is 0.195. The van der Waals surface area contributed by atoms with Crippen LogP contribution in [0, 0.1) is 0 Å². The summed E-state index contributed by atoms with van der Waals surface area (Å²) in [6.07, 6.45) is 4.70. The summed E-state index contributed by atoms with van der Waals surface area (Å²) in [4.78, 5) is 23.5. The molecule has 19 heavy (non-hydrogen) atoms. The second-order valence-corrected chi connectivity index (χ2v) is 4.86. The lowest BCUT2D eigenvalue weighted by Crippen LogP contribution is -2.12. The van der Waals surface area contributed by atoms with Crippen LogP contribution in [-0.4, -0.2) is 34.6 Å². The number of carbonyl (C=O) groups excluding carboxylic acids is 1. The van der Waals surface area contributed by atoms with Gasteiger partial charge in [-0.25, -0.2) is 19.7 Å². The van der Waals surface area contributed by atoms with Gasteiger partial charge in [0.1, 0.15) is 5.82 Å². The summed E-state index contributed by atoms with van der Waals surface area (Å²) < 4.78 is 4.55. The first kappa shape index (κ1) is 13.4. The number of methoxy groups -OCH3 is 1. The lowest BCUT2D eigenvalue weighted by atomic mass is 10.2. The monoisotopic (exact) mass is 278 g/mol. The van der Waals surface area contributed by atoms with E-state index >= 15 is 0 Å². The van der Waals surface area contributed by atoms with Crippen molar-refractivity contribution < 1.29 is 9.53 Å². The molecule has 100 valence electrons. The Morgan fingerprint density at radius 2 is 2.26 bits per heavy atom. The van der Waals surface area contributed by atoms with Gasteiger partial charge >= 0.3 is 5.97 Å². The highest BCUT2D eigenvalue weighted by Crippen LogP contribution is 2.17. The lowest BCUT2D eigenvalue weighted by Gasteiger charge is -2.10. The number of hydrogen-bond acceptors (Lipinski definition) is 7. The van der Waals surface area contributed by atoms with Crippen LogP contribution in [-0.2, 0) is 4.74 Å². The van der Waals surface area contributed by atoms with Crippen molar-refractivity contribution in [2.75, 3.05) is 19.0 Å². The summed E-state index contributed by atoms with van der Waals surface area (Å²) in [6.45, 7) is 2.79. The van der Waals surface area contributed by atoms with Crippen molar-refractivity contribution in [2.24, 2.45) is 0 Å². The average Bonchev–Trinajstić information content (AvgIpc) is 2.98. The highest BCUT2D eigenvalue weighted by molar-refractivity contribution is 7.09. The second kappa shape index (κ2) is 6.24. The van der Waals surface area contributed by atoms with Gasteiger partial charge in [0.25, 0.3) is 0 Å². The number of thiazole rings is 1. The molecule has 0 amide bonds. The molecule has 2 heterocycles. The van der Waals surface area contributed by atoms with Crippen LogP contribution in [0.4, 0.5) is 5.82 Å². The van der Waals surface area contributed by atoms with Gasteiger partial charge in [0.15, 0.2) is 5.69 Å². The molecule has 0 radical (unpaired) electrons. The van der Waals surface area contributed by atoms with Crippen LogP contribution in [0.25, 0.3) is 0 Å². The summed E-state index contributed by atoms with van der Waals surface area (Å²) in [6, 6.07) is 0. The van der Waals surface area contributed by atoms with Gasteiger partial charge in [-0.2, -0.15) is 0 Å². The van der Waals surface area contributed by atoms with Crippen LogP contribution in [0.1, 0.15) is 28.3 Å². The normalized spacial score (nSPS) is 11.9. The topological polar surface area (TPSA) is 77.0 Å². The average molecular weight is 278 g/mol. The molecule has 2 aromatic heterocycles. The first-order valence-corrected chi connectivity index (χ1v) is 6.62. The van der Waals surface area contributed by atoms with Gasteiger partial charge in [-0.05, 0) is 0 Å². The highest BCUT2D eigenvalue weighted by atomic mass is 32.1. The molecule has 1 atom stereocenters. The minimum atomic E-state index is -0.491. The van der Waals surface area contributed by atoms with Gasteiger partial charge in [-0.3, -0.25) is 0 Å². The number of aromatic nitrogens is 3. The van der Waals surface area contributed by atoms with Crippen LogP contribution in [0.5, 0.6) is 0 Å². The van der Waals surface area contributed by atoms with Crippen molar-refractivity contribution in [1.29, 1.82) is 0 Å². The summed E-state index contributed by atoms with van der Waals surface area (Å²) >= 11 is 1.63. The Kier molecular flexibility index (Phi) is 4.40. The standard InChI is InChI=1S/C12H14N4O2S/c1-8(11-13-3-4-19-11)5-15-10-7-14-9(6-16-10)12(17)18-2/h3-4,6-8H,5H2,1-2H3,(H,15,16). The van der Waals surface area contributed by atoms with Gasteiger partial charge in [-0.15, -0.1) is 11.3 Å². The molecular weight excluding hydrogens is 264 g/mol. The molecule has 1 unspecified atom stereocenters. The SMILES string of the molecule is COC(=O)c1cnc(NCC(C)c2nccs2)cn1. The van der Waals surface area contributed by atoms with E-state index in [-0.39, 0.29) is 5.69 Å². The maximum absolute atomic E-state index is 11.2. The highest BCUT2D eigenvalue weighted by Gasteiger charge is 2.10. The second-order valence-electron chi connectivity index (χ2n) is 3.93. The number of ether oxygens (including phenoxy) is 1. The largest absolute Gasteiger partial charge is 0.464 e. The van der Waals surface area contributed by atoms with E-state index in [1.54, 1.807) is 17.5 Å². The molecule has 6 nitrogen and oxygen atoms in total. The molecule has 0 saturated heterocycles. The zero-order valence-electron chi connectivity index (χ0n) is 10.7. The molecule has 0 saturated carbocycles. The molecule has 0 aliphatic rings. The molecule has 0 aromatic carbocycles. The summed E-state index contributed by atoms with van der Waals surface area (Å²) in [7, 11) is 1.31. The van der Waals surface area contributed by atoms with E-state index in [0.717, 1.165) is 5.01 Å². The van der Waals surface area contributed by atoms with Crippen LogP contribution >= 0.6 is 11.3 Å². The Bertz CT molecular complexity index is 527. The third kappa shape index (κ3) is 3.47. The van der Waals surface area contributed by atoms with Crippen molar-refractivity contribution in [1.82, 2.24) is 15.0 Å². The van der Waals surface area contributed by atoms with E-state index in [1.807, 2.05) is 5.38 Å². The number of anilines is 1. The van der Waals surface area contributed by atoms with Crippen LogP contribution in [0.3, 0.4) is 0 Å². The van der Waals surface area contributed by atoms with Crippen molar-refractivity contribution >= 4 is 23.1 Å². The van der Waals surface area contributed by atoms with Gasteiger partial charge in [0.05, 0.1) is 24.5 Å². The van der Waals surface area contributed by atoms with Crippen molar-refractivity contribution in [3.8, 4) is 0 Å². The van der Waals surface area contributed by atoms with Gasteiger partial charge in [-0.1, -0.05) is 6.92 Å². The predicted octanol–water partition coefficient (Wildman–Crippen LogP) is 1.94. The Balaban J connectivity index is 1.91. The van der Waals surface area contributed by atoms with Crippen molar-refractivity contribution in [2.45, 2.75) is 12.8 Å². The first-order valence-electron chi connectivity index (χ1n) is 5.74. The Morgan fingerprint density at radius 1 is 1.42 bits per heavy atom. The van der Waals surface area contributed by atoms with Crippen molar-refractivity contribution in [3.05, 3.63) is 34.7 Å². The maximum Gasteiger partial charge on any atom is 0.358 e. The van der Waals surface area contributed by atoms with E-state index < -0.39 is 5.97 Å². The molecule has 0 aliphatic heterocycles. The molecule has 2 aromatic rings. The molecule has 0 aliphatic carbocycles. The number of rotatable bonds is 5. The zero-order valence-corrected chi connectivity index (χ0v) is 11.5. The van der Waals surface area contributed by atoms with E-state index in [4.69, 9.17) is 0 Å². The number of nitrogens with one attached hydrogen (secondary N) is 1. The van der Waals surface area contributed by atoms with Gasteiger partial charge in [0, 0.05) is 24.0 Å². The number of carbonyl (C=O) groups is 1. The Morgan fingerprint density at radius 3 is 2.84 bits per heavy atom. The maximum atomic E-state index is 11.2. The fourth-order valence-electron chi connectivity index (χ4n) is 1.45. The van der Waals surface area contributed by atoms with E-state index in [9.17, 15) is 4.79 Å². The van der Waals surface area contributed by atoms with Crippen LogP contribution in [0.2, 0.25) is 0 Å². The fraction of sp³-hybridized carbons (Fsp3) is 0.333. The predicted molar refractivity (Wildman–Crippen MR) is 72.4 cm³/mol. The Labute approximate surface area is 114 Å². The summed E-state index contributed by atoms with van der Waals surface area (Å²) in [5.41, 5.74) is 0.195. The van der Waals surface area contributed by atoms with E-state index in [1.165, 1.54) is 19.5 Å². The quantitative estimate of drug-likeness (QED) is 0.842. The first-order chi connectivity index (χ1) is 9.20. The molecule has 0 spiro atoms. The number of esters is 1. The molecule has 1 N–H and O–H groups in total. The smallest absolute Gasteiger partial charge is 0.358 e. The molecule has 0 bridgehead atoms. The van der Waals surface area contributed by atoms with Gasteiger partial charge in [0.2, 0.25) is 0 Å². The number of nitrogens with zero attached hydrogens (tertiary/aromatic N) is 3. The summed E-state index contributed by atoms with van der Waals surface area (Å²) in [5, 5.41) is 6.19. The molecule has 0 fully saturated rings. The van der Waals surface area contributed by atoms with Crippen LogP contribution in [0.15, 0.2) is 24.0 Å². The zero-order chi connectivity index (χ0) is 13.7. The minimum Gasteiger partial charge on any atom is -0.464 e. The molecule has 7 heteroatoms. The third-order valence-electron chi connectivity index (χ3n) is 2.51. The third-order valence-corrected chi connectivity index (χ3v) is 3.52. The molecule has 2 rings (SSSR count). The number of hydrogen-bond donors (Lipinski definition) is 1. The lowest BCUT2D eigenvalue weighted by molar-refractivity contribution is 0.0593. The van der Waals surface area contributed by atoms with E-state index in [0.29, 0.717) is 18.3 Å². The Hall–Kier alpha value is -2.02. The summed E-state index contributed by atoms with van der Waals surface area (Å²) in [5.74, 6) is 0.424. The molecular formula is C12H14N4O2S. The fourth-order valence-corrected chi connectivity index (χ4v) is 2.15. The van der Waals surface area contributed by atoms with E-state index in [2.05, 4.69) is 31.9 Å². The van der Waals surface area contributed by atoms with Crippen LogP contribution < -0.4 is 5.32 Å². The van der Waals surface area contributed by atoms with Crippen molar-refractivity contribution in [3.63, 3.8) is 0 Å². The van der Waals surface area contributed by atoms with Gasteiger partial charge < -0.3 is 10.1 Å².